The molecule has 1 heterocycles. The van der Waals surface area contributed by atoms with Crippen LogP contribution in [-0.4, -0.2) is 36.3 Å². The van der Waals surface area contributed by atoms with Gasteiger partial charge in [-0.1, -0.05) is 6.07 Å². The van der Waals surface area contributed by atoms with E-state index in [9.17, 15) is 0 Å². The summed E-state index contributed by atoms with van der Waals surface area (Å²) < 4.78 is 0. The summed E-state index contributed by atoms with van der Waals surface area (Å²) >= 11 is 1.89. The summed E-state index contributed by atoms with van der Waals surface area (Å²) in [5.74, 6) is 2.74. The quantitative estimate of drug-likeness (QED) is 0.749. The van der Waals surface area contributed by atoms with Crippen LogP contribution in [0.3, 0.4) is 0 Å². The van der Waals surface area contributed by atoms with Crippen molar-refractivity contribution in [3.05, 3.63) is 23.9 Å². The molecule has 1 aromatic heterocycles. The zero-order chi connectivity index (χ0) is 10.4. The Kier molecular flexibility index (Phi) is 4.76. The molecule has 4 heteroatoms. The van der Waals surface area contributed by atoms with Gasteiger partial charge in [0.2, 0.25) is 0 Å². The van der Waals surface area contributed by atoms with E-state index < -0.39 is 0 Å². The Hall–Kier alpha value is -0.740. The van der Waals surface area contributed by atoms with Gasteiger partial charge in [0.05, 0.1) is 0 Å². The lowest BCUT2D eigenvalue weighted by Gasteiger charge is -2.09. The van der Waals surface area contributed by atoms with Gasteiger partial charge in [-0.2, -0.15) is 11.8 Å². The number of nitrogens with zero attached hydrogens (tertiary/aromatic N) is 2. The average molecular weight is 211 g/mol. The van der Waals surface area contributed by atoms with E-state index in [4.69, 9.17) is 5.73 Å². The van der Waals surface area contributed by atoms with Crippen LogP contribution in [0.1, 0.15) is 5.56 Å². The molecule has 0 unspecified atom stereocenters. The van der Waals surface area contributed by atoms with Crippen LogP contribution in [0.4, 0.5) is 5.82 Å². The van der Waals surface area contributed by atoms with Gasteiger partial charge in [0.1, 0.15) is 5.82 Å². The van der Waals surface area contributed by atoms with E-state index >= 15 is 0 Å². The fraction of sp³-hybridized carbons (Fsp3) is 0.500. The number of hydrogen-bond acceptors (Lipinski definition) is 4. The fourth-order valence-electron chi connectivity index (χ4n) is 1.00. The van der Waals surface area contributed by atoms with Crippen LogP contribution < -0.4 is 5.73 Å². The van der Waals surface area contributed by atoms with Gasteiger partial charge in [0.25, 0.3) is 0 Å². The number of thioether (sulfide) groups is 1. The molecule has 0 saturated carbocycles. The van der Waals surface area contributed by atoms with Gasteiger partial charge >= 0.3 is 0 Å². The van der Waals surface area contributed by atoms with Crippen molar-refractivity contribution in [1.29, 1.82) is 0 Å². The van der Waals surface area contributed by atoms with Crippen LogP contribution in [0.15, 0.2) is 18.3 Å². The molecular weight excluding hydrogens is 194 g/mol. The van der Waals surface area contributed by atoms with Crippen molar-refractivity contribution < 1.29 is 0 Å². The Morgan fingerprint density at radius 2 is 2.29 bits per heavy atom. The summed E-state index contributed by atoms with van der Waals surface area (Å²) in [5, 5.41) is 0. The maximum absolute atomic E-state index is 5.73. The first-order valence-electron chi connectivity index (χ1n) is 4.62. The Bertz CT molecular complexity index is 276. The summed E-state index contributed by atoms with van der Waals surface area (Å²) in [6.07, 6.45) is 1.73. The van der Waals surface area contributed by atoms with Gasteiger partial charge in [-0.05, 0) is 20.2 Å². The lowest BCUT2D eigenvalue weighted by Crippen LogP contribution is -2.14. The smallest absolute Gasteiger partial charge is 0.127 e. The Balaban J connectivity index is 2.28. The molecule has 1 aromatic rings. The van der Waals surface area contributed by atoms with Gasteiger partial charge in [-0.3, -0.25) is 0 Å². The Morgan fingerprint density at radius 3 is 2.93 bits per heavy atom. The maximum atomic E-state index is 5.73. The van der Waals surface area contributed by atoms with E-state index in [1.807, 2.05) is 23.9 Å². The van der Waals surface area contributed by atoms with Crippen LogP contribution in [-0.2, 0) is 5.75 Å². The van der Waals surface area contributed by atoms with Gasteiger partial charge in [0, 0.05) is 29.8 Å². The predicted octanol–water partition coefficient (Wildman–Crippen LogP) is 1.46. The number of anilines is 1. The molecule has 0 radical (unpaired) electrons. The largest absolute Gasteiger partial charge is 0.383 e. The highest BCUT2D eigenvalue weighted by atomic mass is 32.2. The highest BCUT2D eigenvalue weighted by Crippen LogP contribution is 2.15. The second-order valence-electron chi connectivity index (χ2n) is 3.40. The monoisotopic (exact) mass is 211 g/mol. The average Bonchev–Trinajstić information content (AvgIpc) is 2.15. The van der Waals surface area contributed by atoms with Crippen molar-refractivity contribution in [2.45, 2.75) is 5.75 Å². The summed E-state index contributed by atoms with van der Waals surface area (Å²) in [6.45, 7) is 1.10. The van der Waals surface area contributed by atoms with Crippen molar-refractivity contribution in [2.24, 2.45) is 0 Å². The first-order valence-corrected chi connectivity index (χ1v) is 5.77. The summed E-state index contributed by atoms with van der Waals surface area (Å²) in [4.78, 5) is 6.23. The van der Waals surface area contributed by atoms with Gasteiger partial charge in [-0.25, -0.2) is 4.98 Å². The molecule has 0 aromatic carbocycles. The molecule has 3 nitrogen and oxygen atoms in total. The number of nitrogens with two attached hydrogens (primary N) is 1. The number of aromatic nitrogens is 1. The van der Waals surface area contributed by atoms with E-state index in [0.29, 0.717) is 5.82 Å². The normalized spacial score (nSPS) is 10.8. The summed E-state index contributed by atoms with van der Waals surface area (Å²) in [7, 11) is 4.16. The minimum absolute atomic E-state index is 0.657. The van der Waals surface area contributed by atoms with Crippen molar-refractivity contribution in [1.82, 2.24) is 9.88 Å². The van der Waals surface area contributed by atoms with E-state index in [2.05, 4.69) is 24.0 Å². The molecule has 78 valence electrons. The van der Waals surface area contributed by atoms with Gasteiger partial charge < -0.3 is 10.6 Å². The molecule has 1 rings (SSSR count). The zero-order valence-electron chi connectivity index (χ0n) is 8.73. The van der Waals surface area contributed by atoms with Crippen molar-refractivity contribution >= 4 is 17.6 Å². The van der Waals surface area contributed by atoms with Crippen LogP contribution in [0.25, 0.3) is 0 Å². The zero-order valence-corrected chi connectivity index (χ0v) is 9.55. The molecule has 2 N–H and O–H groups in total. The van der Waals surface area contributed by atoms with Crippen molar-refractivity contribution in [3.8, 4) is 0 Å². The molecular formula is C10H17N3S. The van der Waals surface area contributed by atoms with Crippen molar-refractivity contribution in [3.63, 3.8) is 0 Å². The van der Waals surface area contributed by atoms with Crippen LogP contribution in [0.5, 0.6) is 0 Å². The van der Waals surface area contributed by atoms with Gasteiger partial charge in [0.15, 0.2) is 0 Å². The number of nitrogen functional groups attached to an aromatic ring is 1. The van der Waals surface area contributed by atoms with Crippen molar-refractivity contribution in [2.75, 3.05) is 32.1 Å². The molecule has 0 atom stereocenters. The third-order valence-corrected chi connectivity index (χ3v) is 2.85. The summed E-state index contributed by atoms with van der Waals surface area (Å²) in [6, 6.07) is 3.96. The third kappa shape index (κ3) is 3.98. The Labute approximate surface area is 89.7 Å². The topological polar surface area (TPSA) is 42.2 Å². The summed E-state index contributed by atoms with van der Waals surface area (Å²) in [5.41, 5.74) is 6.86. The molecule has 0 aliphatic heterocycles. The Morgan fingerprint density at radius 1 is 1.50 bits per heavy atom. The number of rotatable bonds is 5. The highest BCUT2D eigenvalue weighted by Gasteiger charge is 1.99. The van der Waals surface area contributed by atoms with E-state index in [1.54, 1.807) is 6.20 Å². The first kappa shape index (κ1) is 11.3. The number of pyridine rings is 1. The molecule has 0 fully saturated rings. The standard InChI is InChI=1S/C10H17N3S/c1-13(2)6-7-14-8-9-4-3-5-12-10(9)11/h3-5H,6-8H2,1-2H3,(H2,11,12). The van der Waals surface area contributed by atoms with E-state index in [1.165, 1.54) is 0 Å². The minimum Gasteiger partial charge on any atom is -0.383 e. The van der Waals surface area contributed by atoms with Crippen LogP contribution in [0.2, 0.25) is 0 Å². The lowest BCUT2D eigenvalue weighted by molar-refractivity contribution is 0.437. The first-order chi connectivity index (χ1) is 6.70. The lowest BCUT2D eigenvalue weighted by atomic mass is 10.3. The van der Waals surface area contributed by atoms with E-state index in [0.717, 1.165) is 23.6 Å². The molecule has 0 bridgehead atoms. The molecule has 0 spiro atoms. The molecule has 0 aliphatic rings. The molecule has 0 saturated heterocycles. The SMILES string of the molecule is CN(C)CCSCc1cccnc1N. The third-order valence-electron chi connectivity index (χ3n) is 1.87. The van der Waals surface area contributed by atoms with Crippen LogP contribution in [0, 0.1) is 0 Å². The highest BCUT2D eigenvalue weighted by molar-refractivity contribution is 7.98. The second-order valence-corrected chi connectivity index (χ2v) is 4.51. The fourth-order valence-corrected chi connectivity index (χ4v) is 2.10. The van der Waals surface area contributed by atoms with Gasteiger partial charge in [-0.15, -0.1) is 0 Å². The predicted molar refractivity (Wildman–Crippen MR) is 63.4 cm³/mol. The van der Waals surface area contributed by atoms with Crippen LogP contribution >= 0.6 is 11.8 Å². The molecule has 0 aliphatic carbocycles. The maximum Gasteiger partial charge on any atom is 0.127 e. The minimum atomic E-state index is 0.657. The number of hydrogen-bond donors (Lipinski definition) is 1. The molecule has 14 heavy (non-hydrogen) atoms. The molecule has 0 amide bonds. The second kappa shape index (κ2) is 5.88. The van der Waals surface area contributed by atoms with E-state index in [-0.39, 0.29) is 0 Å².